The number of carbonyl (C=O) groups is 2. The number of nitrogens with zero attached hydrogens (tertiary/aromatic N) is 2. The molecule has 71 heavy (non-hydrogen) atoms. The van der Waals surface area contributed by atoms with Gasteiger partial charge < -0.3 is 27.2 Å². The molecule has 0 aliphatic heterocycles. The van der Waals surface area contributed by atoms with Crippen molar-refractivity contribution in [2.75, 3.05) is 29.1 Å². The molecule has 18 nitrogen and oxygen atoms in total. The number of carbonyl (C=O) groups excluding carboxylic acids is 2. The monoisotopic (exact) mass is 1020 g/mol. The van der Waals surface area contributed by atoms with Gasteiger partial charge in [0.1, 0.15) is 26.7 Å². The van der Waals surface area contributed by atoms with Crippen molar-refractivity contribution in [2.24, 2.45) is 10.2 Å². The average molecular weight is 1020 g/mol. The van der Waals surface area contributed by atoms with E-state index in [1.165, 1.54) is 60.7 Å². The number of phenols is 1. The number of hydrogen-bond donors (Lipinski definition) is 8. The zero-order chi connectivity index (χ0) is 51.9. The van der Waals surface area contributed by atoms with Crippen LogP contribution in [0, 0.1) is 6.92 Å². The number of phenolic OH excluding ortho intramolecular Hbond substituents is 1. The lowest BCUT2D eigenvalue weighted by Crippen LogP contribution is -2.08. The molecule has 7 aromatic carbocycles. The third kappa shape index (κ3) is 15.6. The van der Waals surface area contributed by atoms with Crippen molar-refractivity contribution in [2.45, 2.75) is 21.6 Å². The van der Waals surface area contributed by atoms with Crippen LogP contribution in [-0.4, -0.2) is 63.3 Å². The highest BCUT2D eigenvalue weighted by Crippen LogP contribution is 2.37. The molecule has 0 heterocycles. The number of aldehydes is 1. The first-order valence-corrected chi connectivity index (χ1v) is 25.0. The topological polar surface area (TPSA) is 318 Å². The highest BCUT2D eigenvalue weighted by atomic mass is 32.2. The molecule has 0 saturated heterocycles. The van der Waals surface area contributed by atoms with Crippen molar-refractivity contribution < 1.29 is 53.6 Å². The number of hydrogen-bond acceptors (Lipinski definition) is 14. The number of rotatable bonds is 13. The van der Waals surface area contributed by atoms with E-state index < -0.39 is 56.5 Å². The van der Waals surface area contributed by atoms with Gasteiger partial charge in [-0.05, 0) is 119 Å². The molecule has 10 N–H and O–H groups in total. The second-order valence-electron chi connectivity index (χ2n) is 14.9. The Morgan fingerprint density at radius 3 is 1.73 bits per heavy atom. The molecule has 0 saturated carbocycles. The molecular formula is C50H46N6O12S3. The number of azo groups is 1. The molecular weight excluding hydrogens is 973 g/mol. The van der Waals surface area contributed by atoms with Crippen LogP contribution in [0.2, 0.25) is 0 Å². The number of fused-ring (bicyclic) bond motifs is 1. The minimum absolute atomic E-state index is 0.0640. The maximum Gasteiger partial charge on any atom is 0.296 e. The molecule has 21 heteroatoms. The van der Waals surface area contributed by atoms with Gasteiger partial charge in [-0.15, -0.1) is 0 Å². The fraction of sp³-hybridized carbons (Fsp3) is 0.0400. The van der Waals surface area contributed by atoms with Gasteiger partial charge in [0.05, 0.1) is 17.1 Å². The molecule has 7 aromatic rings. The summed E-state index contributed by atoms with van der Waals surface area (Å²) in [7, 11) is -12.0. The standard InChI is InChI=1S/C22H22N4O6S2.C19H16N2O5S.C9H8O/c1-14-11-18(24-2)9-10-20(14)26-25-19-8-6-16(22(13-19)34(30,31)32)4-3-15-5-7-17(23)12-21(15)33(27,28)29;20-18-16(27(24,25)26)11-13-10-14(7-8-15(13)19(18)23)21-17(22)9-6-12-4-2-1-3-5-12;10-8-4-7-9-5-2-1-3-6-9/h3-13,24H,23H2,1-2H3,(H,27,28,29)(H,30,31,32);1-11,23H,20H2,(H,21,22)(H,24,25,26);1-8H/b4-3+,26-25?;9-6+;7-4+. The Morgan fingerprint density at radius 1 is 0.606 bits per heavy atom. The fourth-order valence-corrected chi connectivity index (χ4v) is 8.45. The summed E-state index contributed by atoms with van der Waals surface area (Å²) < 4.78 is 98.5. The summed E-state index contributed by atoms with van der Waals surface area (Å²) in [5.74, 6) is -0.838. The van der Waals surface area contributed by atoms with Crippen molar-refractivity contribution in [1.29, 1.82) is 0 Å². The van der Waals surface area contributed by atoms with Gasteiger partial charge in [-0.2, -0.15) is 35.5 Å². The van der Waals surface area contributed by atoms with Crippen LogP contribution in [0.25, 0.3) is 35.1 Å². The number of benzene rings is 7. The van der Waals surface area contributed by atoms with Crippen LogP contribution in [0.4, 0.5) is 34.1 Å². The van der Waals surface area contributed by atoms with Crippen LogP contribution < -0.4 is 22.1 Å². The molecule has 1 amide bonds. The van der Waals surface area contributed by atoms with E-state index in [-0.39, 0.29) is 33.8 Å². The Balaban J connectivity index is 0.000000224. The van der Waals surface area contributed by atoms with Gasteiger partial charge >= 0.3 is 0 Å². The molecule has 0 aliphatic carbocycles. The van der Waals surface area contributed by atoms with E-state index in [4.69, 9.17) is 11.5 Å². The van der Waals surface area contributed by atoms with E-state index in [1.54, 1.807) is 31.3 Å². The predicted octanol–water partition coefficient (Wildman–Crippen LogP) is 9.62. The molecule has 0 spiro atoms. The zero-order valence-electron chi connectivity index (χ0n) is 37.6. The lowest BCUT2D eigenvalue weighted by atomic mass is 10.1. The van der Waals surface area contributed by atoms with Crippen LogP contribution in [0.1, 0.15) is 27.8 Å². The van der Waals surface area contributed by atoms with E-state index in [0.717, 1.165) is 46.9 Å². The van der Waals surface area contributed by atoms with Gasteiger partial charge in [0, 0.05) is 35.6 Å². The Hall–Kier alpha value is -8.31. The molecule has 366 valence electrons. The molecule has 7 rings (SSSR count). The molecule has 0 atom stereocenters. The van der Waals surface area contributed by atoms with Crippen molar-refractivity contribution in [1.82, 2.24) is 0 Å². The van der Waals surface area contributed by atoms with E-state index >= 15 is 0 Å². The maximum absolute atomic E-state index is 12.1. The van der Waals surface area contributed by atoms with Crippen LogP contribution in [-0.2, 0) is 39.9 Å². The fourth-order valence-electron chi connectivity index (χ4n) is 6.38. The SMILES string of the molecule is CNc1ccc(N=Nc2ccc(/C=C/c3ccc(N)cc3S(=O)(=O)O)c(S(=O)(=O)O)c2)c(C)c1.Nc1c(S(=O)(=O)O)cc2cc(NC(=O)/C=C/c3ccccc3)ccc2c1O.O=C/C=C/c1ccccc1. The summed E-state index contributed by atoms with van der Waals surface area (Å²) in [4.78, 5) is 20.5. The number of aromatic hydroxyl groups is 1. The summed E-state index contributed by atoms with van der Waals surface area (Å²) in [6, 6.07) is 37.9. The number of nitrogen functional groups attached to an aromatic ring is 2. The van der Waals surface area contributed by atoms with E-state index in [9.17, 15) is 53.6 Å². The highest BCUT2D eigenvalue weighted by Gasteiger charge is 2.20. The Morgan fingerprint density at radius 2 is 1.17 bits per heavy atom. The molecule has 0 bridgehead atoms. The quantitative estimate of drug-likeness (QED) is 0.0101. The Labute approximate surface area is 409 Å². The van der Waals surface area contributed by atoms with Gasteiger partial charge in [0.25, 0.3) is 30.4 Å². The lowest BCUT2D eigenvalue weighted by Gasteiger charge is -2.10. The van der Waals surface area contributed by atoms with Gasteiger partial charge in [0.2, 0.25) is 5.91 Å². The second-order valence-corrected chi connectivity index (χ2v) is 19.1. The summed E-state index contributed by atoms with van der Waals surface area (Å²) in [6.07, 6.45) is 9.60. The number of anilines is 4. The first kappa shape index (κ1) is 53.6. The molecule has 0 unspecified atom stereocenters. The third-order valence-corrected chi connectivity index (χ3v) is 12.6. The van der Waals surface area contributed by atoms with Crippen molar-refractivity contribution >= 4 is 112 Å². The minimum Gasteiger partial charge on any atom is -0.505 e. The van der Waals surface area contributed by atoms with E-state index in [0.29, 0.717) is 16.8 Å². The molecule has 0 aliphatic rings. The number of amides is 1. The average Bonchev–Trinajstić information content (AvgIpc) is 3.33. The summed E-state index contributed by atoms with van der Waals surface area (Å²) in [5, 5.41) is 24.5. The van der Waals surface area contributed by atoms with Crippen molar-refractivity contribution in [3.8, 4) is 5.75 Å². The van der Waals surface area contributed by atoms with E-state index in [1.807, 2.05) is 79.7 Å². The Kier molecular flexibility index (Phi) is 18.0. The summed E-state index contributed by atoms with van der Waals surface area (Å²) in [5.41, 5.74) is 15.8. The van der Waals surface area contributed by atoms with Crippen LogP contribution in [0.3, 0.4) is 0 Å². The first-order chi connectivity index (χ1) is 33.6. The maximum atomic E-state index is 12.1. The first-order valence-electron chi connectivity index (χ1n) is 20.7. The zero-order valence-corrected chi connectivity index (χ0v) is 40.1. The summed E-state index contributed by atoms with van der Waals surface area (Å²) >= 11 is 0. The second kappa shape index (κ2) is 23.8. The Bertz CT molecular complexity index is 3550. The smallest absolute Gasteiger partial charge is 0.296 e. The normalized spacial score (nSPS) is 11.8. The number of allylic oxidation sites excluding steroid dienone is 1. The van der Waals surface area contributed by atoms with E-state index in [2.05, 4.69) is 20.9 Å². The largest absolute Gasteiger partial charge is 0.505 e. The predicted molar refractivity (Wildman–Crippen MR) is 276 cm³/mol. The van der Waals surface area contributed by atoms with Gasteiger partial charge in [-0.1, -0.05) is 91.0 Å². The summed E-state index contributed by atoms with van der Waals surface area (Å²) in [6.45, 7) is 1.85. The lowest BCUT2D eigenvalue weighted by molar-refractivity contribution is -0.111. The van der Waals surface area contributed by atoms with Crippen LogP contribution in [0.15, 0.2) is 177 Å². The van der Waals surface area contributed by atoms with Gasteiger partial charge in [0.15, 0.2) is 0 Å². The van der Waals surface area contributed by atoms with Crippen molar-refractivity contribution in [3.05, 3.63) is 179 Å². The number of nitrogens with two attached hydrogens (primary N) is 2. The molecule has 0 aromatic heterocycles. The molecule has 0 fully saturated rings. The van der Waals surface area contributed by atoms with Crippen molar-refractivity contribution in [3.63, 3.8) is 0 Å². The van der Waals surface area contributed by atoms with Gasteiger partial charge in [-0.3, -0.25) is 23.2 Å². The van der Waals surface area contributed by atoms with Gasteiger partial charge in [-0.25, -0.2) is 0 Å². The number of aryl methyl sites for hydroxylation is 1. The third-order valence-electron chi connectivity index (χ3n) is 9.84. The minimum atomic E-state index is -4.65. The van der Waals surface area contributed by atoms with Crippen LogP contribution in [0.5, 0.6) is 5.75 Å². The highest BCUT2D eigenvalue weighted by molar-refractivity contribution is 7.86. The molecule has 0 radical (unpaired) electrons. The van der Waals surface area contributed by atoms with Crippen LogP contribution >= 0.6 is 0 Å². The number of nitrogens with one attached hydrogen (secondary N) is 2.